The highest BCUT2D eigenvalue weighted by Gasteiger charge is 2.30. The van der Waals surface area contributed by atoms with E-state index in [1.807, 2.05) is 0 Å². The van der Waals surface area contributed by atoms with Crippen molar-refractivity contribution in [2.24, 2.45) is 0 Å². The number of ketones is 1. The van der Waals surface area contributed by atoms with E-state index in [1.165, 1.54) is 12.1 Å². The van der Waals surface area contributed by atoms with E-state index in [2.05, 4.69) is 0 Å². The van der Waals surface area contributed by atoms with Gasteiger partial charge in [-0.15, -0.1) is 0 Å². The molecule has 0 aromatic heterocycles. The topological polar surface area (TPSA) is 17.1 Å². The van der Waals surface area contributed by atoms with Crippen LogP contribution < -0.4 is 0 Å². The first-order valence-electron chi connectivity index (χ1n) is 5.92. The highest BCUT2D eigenvalue weighted by atomic mass is 35.5. The van der Waals surface area contributed by atoms with Gasteiger partial charge in [0.2, 0.25) is 0 Å². The zero-order valence-corrected chi connectivity index (χ0v) is 11.3. The van der Waals surface area contributed by atoms with Crippen LogP contribution in [0.4, 0.5) is 17.6 Å². The smallest absolute Gasteiger partial charge is 0.294 e. The number of halogens is 5. The van der Waals surface area contributed by atoms with Crippen molar-refractivity contribution < 1.29 is 22.4 Å². The van der Waals surface area contributed by atoms with E-state index in [1.54, 1.807) is 0 Å². The molecule has 0 fully saturated rings. The maximum atomic E-state index is 12.9. The fraction of sp³-hybridized carbons (Fsp3) is 0.133. The quantitative estimate of drug-likeness (QED) is 0.580. The lowest BCUT2D eigenvalue weighted by Crippen LogP contribution is -2.07. The zero-order chi connectivity index (χ0) is 15.6. The third-order valence-electron chi connectivity index (χ3n) is 2.90. The standard InChI is InChI=1S/C15H9ClF4O/c16-13-8-12(17)6-3-10(13)7-14(21)9-1-4-11(5-2-9)15(18,19)20/h1-6,8H,7H2. The van der Waals surface area contributed by atoms with Gasteiger partial charge in [0.25, 0.3) is 0 Å². The Morgan fingerprint density at radius 2 is 1.67 bits per heavy atom. The first-order valence-corrected chi connectivity index (χ1v) is 6.29. The van der Waals surface area contributed by atoms with E-state index >= 15 is 0 Å². The monoisotopic (exact) mass is 316 g/mol. The first kappa shape index (κ1) is 15.5. The Kier molecular flexibility index (Phi) is 4.32. The number of rotatable bonds is 3. The van der Waals surface area contributed by atoms with E-state index in [0.717, 1.165) is 30.3 Å². The summed E-state index contributed by atoms with van der Waals surface area (Å²) in [5.74, 6) is -0.914. The molecular weight excluding hydrogens is 308 g/mol. The number of Topliss-reactive ketones (excluding diaryl/α,β-unsaturated/α-hetero) is 1. The van der Waals surface area contributed by atoms with E-state index in [9.17, 15) is 22.4 Å². The summed E-state index contributed by atoms with van der Waals surface area (Å²) in [4.78, 5) is 12.0. The molecular formula is C15H9ClF4O. The Labute approximate surface area is 123 Å². The average molecular weight is 317 g/mol. The van der Waals surface area contributed by atoms with Crippen molar-refractivity contribution in [1.29, 1.82) is 0 Å². The van der Waals surface area contributed by atoms with Gasteiger partial charge in [0.05, 0.1) is 5.56 Å². The van der Waals surface area contributed by atoms with E-state index in [-0.39, 0.29) is 17.0 Å². The molecule has 0 aliphatic carbocycles. The van der Waals surface area contributed by atoms with Crippen molar-refractivity contribution in [1.82, 2.24) is 0 Å². The molecule has 0 aliphatic rings. The van der Waals surface area contributed by atoms with Gasteiger partial charge in [-0.2, -0.15) is 13.2 Å². The van der Waals surface area contributed by atoms with E-state index < -0.39 is 23.3 Å². The first-order chi connectivity index (χ1) is 9.77. The molecule has 0 radical (unpaired) electrons. The molecule has 0 amide bonds. The molecule has 21 heavy (non-hydrogen) atoms. The Morgan fingerprint density at radius 1 is 1.05 bits per heavy atom. The second-order valence-electron chi connectivity index (χ2n) is 4.41. The summed E-state index contributed by atoms with van der Waals surface area (Å²) in [7, 11) is 0. The minimum atomic E-state index is -4.44. The fourth-order valence-electron chi connectivity index (χ4n) is 1.79. The van der Waals surface area contributed by atoms with Crippen LogP contribution in [-0.2, 0) is 12.6 Å². The van der Waals surface area contributed by atoms with E-state index in [4.69, 9.17) is 11.6 Å². The predicted octanol–water partition coefficient (Wildman–Crippen LogP) is 4.92. The highest BCUT2D eigenvalue weighted by Crippen LogP contribution is 2.29. The lowest BCUT2D eigenvalue weighted by molar-refractivity contribution is -0.137. The molecule has 2 aromatic rings. The van der Waals surface area contributed by atoms with Crippen molar-refractivity contribution >= 4 is 17.4 Å². The third kappa shape index (κ3) is 3.82. The maximum absolute atomic E-state index is 12.9. The zero-order valence-electron chi connectivity index (χ0n) is 10.5. The number of alkyl halides is 3. The van der Waals surface area contributed by atoms with Crippen LogP contribution in [0.3, 0.4) is 0 Å². The minimum Gasteiger partial charge on any atom is -0.294 e. The van der Waals surface area contributed by atoms with Gasteiger partial charge in [-0.1, -0.05) is 29.8 Å². The van der Waals surface area contributed by atoms with Crippen molar-refractivity contribution in [3.63, 3.8) is 0 Å². The average Bonchev–Trinajstić information content (AvgIpc) is 2.41. The molecule has 110 valence electrons. The van der Waals surface area contributed by atoms with Crippen molar-refractivity contribution in [2.75, 3.05) is 0 Å². The van der Waals surface area contributed by atoms with Gasteiger partial charge in [-0.3, -0.25) is 4.79 Å². The highest BCUT2D eigenvalue weighted by molar-refractivity contribution is 6.31. The van der Waals surface area contributed by atoms with Gasteiger partial charge in [0.1, 0.15) is 5.82 Å². The summed E-state index contributed by atoms with van der Waals surface area (Å²) in [6.07, 6.45) is -4.55. The van der Waals surface area contributed by atoms with Gasteiger partial charge >= 0.3 is 6.18 Å². The summed E-state index contributed by atoms with van der Waals surface area (Å²) in [5, 5.41) is 0.107. The summed E-state index contributed by atoms with van der Waals surface area (Å²) < 4.78 is 50.1. The van der Waals surface area contributed by atoms with Crippen molar-refractivity contribution in [3.8, 4) is 0 Å². The molecule has 0 saturated carbocycles. The molecule has 0 aliphatic heterocycles. The third-order valence-corrected chi connectivity index (χ3v) is 3.25. The van der Waals surface area contributed by atoms with Crippen LogP contribution in [0.1, 0.15) is 21.5 Å². The molecule has 1 nitrogen and oxygen atoms in total. The molecule has 0 spiro atoms. The number of carbonyl (C=O) groups excluding carboxylic acids is 1. The molecule has 0 saturated heterocycles. The molecule has 2 aromatic carbocycles. The van der Waals surface area contributed by atoms with Crippen LogP contribution >= 0.6 is 11.6 Å². The minimum absolute atomic E-state index is 0.107. The Morgan fingerprint density at radius 3 is 2.19 bits per heavy atom. The fourth-order valence-corrected chi connectivity index (χ4v) is 2.02. The Bertz CT molecular complexity index is 662. The van der Waals surface area contributed by atoms with E-state index in [0.29, 0.717) is 5.56 Å². The van der Waals surface area contributed by atoms with Gasteiger partial charge in [0, 0.05) is 17.0 Å². The Hall–Kier alpha value is -1.88. The van der Waals surface area contributed by atoms with Gasteiger partial charge < -0.3 is 0 Å². The largest absolute Gasteiger partial charge is 0.416 e. The lowest BCUT2D eigenvalue weighted by atomic mass is 10.0. The number of carbonyl (C=O) groups is 1. The van der Waals surface area contributed by atoms with Crippen LogP contribution in [0.5, 0.6) is 0 Å². The number of hydrogen-bond donors (Lipinski definition) is 0. The molecule has 0 unspecified atom stereocenters. The molecule has 2 rings (SSSR count). The van der Waals surface area contributed by atoms with Crippen LogP contribution in [0.2, 0.25) is 5.02 Å². The maximum Gasteiger partial charge on any atom is 0.416 e. The van der Waals surface area contributed by atoms with Crippen LogP contribution in [0, 0.1) is 5.82 Å². The molecule has 0 bridgehead atoms. The second kappa shape index (κ2) is 5.85. The normalized spacial score (nSPS) is 11.5. The van der Waals surface area contributed by atoms with Gasteiger partial charge in [-0.05, 0) is 29.8 Å². The number of benzene rings is 2. The molecule has 0 N–H and O–H groups in total. The Balaban J connectivity index is 2.17. The van der Waals surface area contributed by atoms with Crippen LogP contribution in [-0.4, -0.2) is 5.78 Å². The molecule has 6 heteroatoms. The SMILES string of the molecule is O=C(Cc1ccc(F)cc1Cl)c1ccc(C(F)(F)F)cc1. The molecule has 0 heterocycles. The lowest BCUT2D eigenvalue weighted by Gasteiger charge is -2.08. The predicted molar refractivity (Wildman–Crippen MR) is 70.9 cm³/mol. The summed E-state index contributed by atoms with van der Waals surface area (Å²) in [6.45, 7) is 0. The van der Waals surface area contributed by atoms with Gasteiger partial charge in [0.15, 0.2) is 5.78 Å². The summed E-state index contributed by atoms with van der Waals surface area (Å²) in [6, 6.07) is 7.54. The van der Waals surface area contributed by atoms with Crippen molar-refractivity contribution in [3.05, 3.63) is 70.0 Å². The van der Waals surface area contributed by atoms with Crippen LogP contribution in [0.15, 0.2) is 42.5 Å². The summed E-state index contributed by atoms with van der Waals surface area (Å²) >= 11 is 5.81. The summed E-state index contributed by atoms with van der Waals surface area (Å²) in [5.41, 5.74) is -0.259. The molecule has 0 atom stereocenters. The van der Waals surface area contributed by atoms with Crippen LogP contribution in [0.25, 0.3) is 0 Å². The van der Waals surface area contributed by atoms with Crippen molar-refractivity contribution in [2.45, 2.75) is 12.6 Å². The van der Waals surface area contributed by atoms with Gasteiger partial charge in [-0.25, -0.2) is 4.39 Å². The second-order valence-corrected chi connectivity index (χ2v) is 4.82. The number of hydrogen-bond acceptors (Lipinski definition) is 1.